The average Bonchev–Trinajstić information content (AvgIpc) is 3.13. The van der Waals surface area contributed by atoms with Crippen molar-refractivity contribution in [1.82, 2.24) is 0 Å². The quantitative estimate of drug-likeness (QED) is 0.637. The van der Waals surface area contributed by atoms with E-state index in [1.54, 1.807) is 5.57 Å². The summed E-state index contributed by atoms with van der Waals surface area (Å²) in [6.45, 7) is 2.24. The van der Waals surface area contributed by atoms with E-state index in [1.165, 1.54) is 4.91 Å². The van der Waals surface area contributed by atoms with Crippen molar-refractivity contribution in [2.24, 2.45) is 28.7 Å². The van der Waals surface area contributed by atoms with Crippen LogP contribution in [0.25, 0.3) is 5.70 Å². The van der Waals surface area contributed by atoms with Gasteiger partial charge in [-0.3, -0.25) is 9.79 Å². The van der Waals surface area contributed by atoms with Crippen molar-refractivity contribution in [3.8, 4) is 0 Å². The van der Waals surface area contributed by atoms with Crippen LogP contribution in [-0.4, -0.2) is 17.3 Å². The molecule has 2 unspecified atom stereocenters. The Hall–Kier alpha value is -2.01. The fourth-order valence-electron chi connectivity index (χ4n) is 4.89. The number of nitrogen functional groups attached to an aromatic ring is 1. The highest BCUT2D eigenvalue weighted by Crippen LogP contribution is 2.54. The SMILES string of the molecule is CCC1C=NC(c2ccc(N)cc2)=C2SC=C(C3CCC(CC(=O)O)CC3)C21. The van der Waals surface area contributed by atoms with Gasteiger partial charge in [0, 0.05) is 40.6 Å². The second-order valence-electron chi connectivity index (χ2n) is 8.21. The second-order valence-corrected chi connectivity index (χ2v) is 9.13. The molecule has 1 fully saturated rings. The zero-order valence-corrected chi connectivity index (χ0v) is 17.1. The first-order valence-electron chi connectivity index (χ1n) is 10.3. The Morgan fingerprint density at radius 1 is 1.21 bits per heavy atom. The van der Waals surface area contributed by atoms with Crippen LogP contribution in [0.15, 0.2) is 45.1 Å². The summed E-state index contributed by atoms with van der Waals surface area (Å²) in [5.41, 5.74) is 10.4. The van der Waals surface area contributed by atoms with Crippen molar-refractivity contribution in [2.45, 2.75) is 45.4 Å². The van der Waals surface area contributed by atoms with Crippen molar-refractivity contribution < 1.29 is 9.90 Å². The molecule has 0 spiro atoms. The first-order valence-corrected chi connectivity index (χ1v) is 11.2. The Morgan fingerprint density at radius 3 is 2.57 bits per heavy atom. The van der Waals surface area contributed by atoms with Gasteiger partial charge in [0.2, 0.25) is 0 Å². The molecule has 5 heteroatoms. The maximum absolute atomic E-state index is 11.0. The first kappa shape index (κ1) is 19.3. The van der Waals surface area contributed by atoms with Crippen molar-refractivity contribution in [3.05, 3.63) is 45.7 Å². The maximum Gasteiger partial charge on any atom is 0.303 e. The monoisotopic (exact) mass is 396 g/mol. The predicted octanol–water partition coefficient (Wildman–Crippen LogP) is 5.58. The molecule has 2 atom stereocenters. The Labute approximate surface area is 171 Å². The maximum atomic E-state index is 11.0. The number of rotatable bonds is 5. The number of aliphatic carboxylic acids is 1. The van der Waals surface area contributed by atoms with Crippen LogP contribution >= 0.6 is 11.8 Å². The summed E-state index contributed by atoms with van der Waals surface area (Å²) >= 11 is 1.84. The number of carboxylic acid groups (broad SMARTS) is 1. The summed E-state index contributed by atoms with van der Waals surface area (Å²) in [5.74, 6) is 1.14. The molecule has 4 nitrogen and oxygen atoms in total. The van der Waals surface area contributed by atoms with Gasteiger partial charge >= 0.3 is 5.97 Å². The number of thioether (sulfide) groups is 1. The summed E-state index contributed by atoms with van der Waals surface area (Å²) < 4.78 is 0. The lowest BCUT2D eigenvalue weighted by atomic mass is 9.71. The van der Waals surface area contributed by atoms with E-state index in [1.807, 2.05) is 23.9 Å². The molecular weight excluding hydrogens is 368 g/mol. The van der Waals surface area contributed by atoms with Gasteiger partial charge in [0.1, 0.15) is 0 Å². The highest BCUT2D eigenvalue weighted by Gasteiger charge is 2.39. The molecule has 1 saturated carbocycles. The normalized spacial score (nSPS) is 29.5. The molecule has 0 saturated heterocycles. The zero-order valence-electron chi connectivity index (χ0n) is 16.3. The minimum atomic E-state index is -0.660. The molecule has 1 aliphatic carbocycles. The minimum absolute atomic E-state index is 0.320. The number of carboxylic acids is 1. The fraction of sp³-hybridized carbons (Fsp3) is 0.478. The van der Waals surface area contributed by atoms with Gasteiger partial charge in [-0.15, -0.1) is 0 Å². The molecular formula is C23H28N2O2S. The van der Waals surface area contributed by atoms with Gasteiger partial charge in [-0.1, -0.05) is 36.4 Å². The second kappa shape index (κ2) is 8.16. The van der Waals surface area contributed by atoms with E-state index >= 15 is 0 Å². The summed E-state index contributed by atoms with van der Waals surface area (Å²) in [6.07, 6.45) is 7.83. The van der Waals surface area contributed by atoms with Gasteiger partial charge in [0.05, 0.1) is 5.70 Å². The van der Waals surface area contributed by atoms with Gasteiger partial charge < -0.3 is 10.8 Å². The van der Waals surface area contributed by atoms with Crippen LogP contribution < -0.4 is 5.73 Å². The lowest BCUT2D eigenvalue weighted by Gasteiger charge is -2.34. The number of allylic oxidation sites excluding steroid dienone is 2. The number of fused-ring (bicyclic) bond motifs is 1. The minimum Gasteiger partial charge on any atom is -0.481 e. The predicted molar refractivity (Wildman–Crippen MR) is 117 cm³/mol. The summed E-state index contributed by atoms with van der Waals surface area (Å²) in [5, 5.41) is 11.4. The van der Waals surface area contributed by atoms with Crippen LogP contribution in [0.1, 0.15) is 51.0 Å². The van der Waals surface area contributed by atoms with E-state index in [-0.39, 0.29) is 0 Å². The topological polar surface area (TPSA) is 75.7 Å². The van der Waals surface area contributed by atoms with Crippen LogP contribution in [-0.2, 0) is 4.79 Å². The molecule has 148 valence electrons. The van der Waals surface area contributed by atoms with Crippen molar-refractivity contribution in [3.63, 3.8) is 0 Å². The van der Waals surface area contributed by atoms with Gasteiger partial charge in [-0.25, -0.2) is 0 Å². The number of benzene rings is 1. The number of nitrogens with two attached hydrogens (primary N) is 1. The van der Waals surface area contributed by atoms with Crippen LogP contribution in [0, 0.1) is 23.7 Å². The third kappa shape index (κ3) is 3.77. The first-order chi connectivity index (χ1) is 13.6. The van der Waals surface area contributed by atoms with E-state index in [9.17, 15) is 4.79 Å². The number of hydrogen-bond donors (Lipinski definition) is 2. The van der Waals surface area contributed by atoms with Crippen molar-refractivity contribution in [1.29, 1.82) is 0 Å². The lowest BCUT2D eigenvalue weighted by molar-refractivity contribution is -0.138. The molecule has 0 radical (unpaired) electrons. The highest BCUT2D eigenvalue weighted by atomic mass is 32.2. The van der Waals surface area contributed by atoms with E-state index in [4.69, 9.17) is 15.8 Å². The molecule has 0 bridgehead atoms. The fourth-order valence-corrected chi connectivity index (χ4v) is 6.23. The van der Waals surface area contributed by atoms with Crippen LogP contribution in [0.3, 0.4) is 0 Å². The van der Waals surface area contributed by atoms with Gasteiger partial charge in [-0.2, -0.15) is 0 Å². The molecule has 0 aromatic heterocycles. The Bertz CT molecular complexity index is 833. The molecule has 28 heavy (non-hydrogen) atoms. The Kier molecular flexibility index (Phi) is 5.63. The summed E-state index contributed by atoms with van der Waals surface area (Å²) in [7, 11) is 0. The van der Waals surface area contributed by atoms with Gasteiger partial charge in [-0.05, 0) is 61.5 Å². The van der Waals surface area contributed by atoms with E-state index < -0.39 is 5.97 Å². The molecule has 4 rings (SSSR count). The average molecular weight is 397 g/mol. The van der Waals surface area contributed by atoms with E-state index in [2.05, 4.69) is 30.7 Å². The molecule has 1 aromatic carbocycles. The number of aliphatic imine (C=N–C) groups is 1. The summed E-state index contributed by atoms with van der Waals surface area (Å²) in [4.78, 5) is 17.2. The number of hydrogen-bond acceptors (Lipinski definition) is 4. The molecule has 2 aliphatic heterocycles. The standard InChI is InChI=1S/C23H28N2O2S/c1-2-15-12-25-22(17-7-9-18(24)10-8-17)23-21(15)19(13-28-23)16-5-3-14(4-6-16)11-20(26)27/h7-10,12-16,21H,2-6,11,24H2,1H3,(H,26,27). The largest absolute Gasteiger partial charge is 0.481 e. The number of nitrogens with zero attached hydrogens (tertiary/aromatic N) is 1. The third-order valence-corrected chi connectivity index (χ3v) is 7.55. The summed E-state index contributed by atoms with van der Waals surface area (Å²) in [6, 6.07) is 8.01. The Balaban J connectivity index is 1.56. The smallest absolute Gasteiger partial charge is 0.303 e. The highest BCUT2D eigenvalue weighted by molar-refractivity contribution is 8.06. The van der Waals surface area contributed by atoms with E-state index in [0.717, 1.165) is 49.1 Å². The van der Waals surface area contributed by atoms with Crippen molar-refractivity contribution in [2.75, 3.05) is 5.73 Å². The zero-order chi connectivity index (χ0) is 19.7. The Morgan fingerprint density at radius 2 is 1.93 bits per heavy atom. The molecule has 1 aromatic rings. The van der Waals surface area contributed by atoms with Gasteiger partial charge in [0.25, 0.3) is 0 Å². The van der Waals surface area contributed by atoms with E-state index in [0.29, 0.717) is 30.1 Å². The number of carbonyl (C=O) groups is 1. The van der Waals surface area contributed by atoms with Gasteiger partial charge in [0.15, 0.2) is 0 Å². The molecule has 3 N–H and O–H groups in total. The van der Waals surface area contributed by atoms with Crippen LogP contribution in [0.4, 0.5) is 5.69 Å². The van der Waals surface area contributed by atoms with Crippen LogP contribution in [0.2, 0.25) is 0 Å². The number of anilines is 1. The molecule has 0 amide bonds. The third-order valence-electron chi connectivity index (χ3n) is 6.46. The van der Waals surface area contributed by atoms with Crippen LogP contribution in [0.5, 0.6) is 0 Å². The van der Waals surface area contributed by atoms with Crippen molar-refractivity contribution >= 4 is 35.3 Å². The molecule has 3 aliphatic rings. The molecule has 2 heterocycles. The lowest BCUT2D eigenvalue weighted by Crippen LogP contribution is -2.26.